The SMILES string of the molecule is COc1ccc(Cl)cc1C(C)NCc1csc(N(C)C)n1. The third-order valence-electron chi connectivity index (χ3n) is 3.17. The minimum absolute atomic E-state index is 0.128. The highest BCUT2D eigenvalue weighted by Crippen LogP contribution is 2.28. The highest BCUT2D eigenvalue weighted by atomic mass is 35.5. The van der Waals surface area contributed by atoms with Crippen molar-refractivity contribution in [3.05, 3.63) is 39.9 Å². The van der Waals surface area contributed by atoms with Gasteiger partial charge >= 0.3 is 0 Å². The molecule has 1 heterocycles. The molecule has 0 bridgehead atoms. The molecule has 1 atom stereocenters. The van der Waals surface area contributed by atoms with E-state index in [0.29, 0.717) is 11.6 Å². The number of halogens is 1. The first-order valence-electron chi connectivity index (χ1n) is 6.69. The van der Waals surface area contributed by atoms with E-state index in [1.165, 1.54) is 0 Å². The van der Waals surface area contributed by atoms with E-state index < -0.39 is 0 Å². The summed E-state index contributed by atoms with van der Waals surface area (Å²) in [5, 5.41) is 7.25. The van der Waals surface area contributed by atoms with Crippen LogP contribution in [0.1, 0.15) is 24.2 Å². The van der Waals surface area contributed by atoms with E-state index in [2.05, 4.69) is 22.6 Å². The third kappa shape index (κ3) is 4.09. The highest BCUT2D eigenvalue weighted by Gasteiger charge is 2.12. The van der Waals surface area contributed by atoms with Crippen molar-refractivity contribution in [1.82, 2.24) is 10.3 Å². The molecule has 1 unspecified atom stereocenters. The van der Waals surface area contributed by atoms with Gasteiger partial charge in [-0.3, -0.25) is 0 Å². The Morgan fingerprint density at radius 3 is 2.81 bits per heavy atom. The van der Waals surface area contributed by atoms with Crippen molar-refractivity contribution in [1.29, 1.82) is 0 Å². The molecule has 0 radical (unpaired) electrons. The molecule has 0 saturated heterocycles. The molecule has 6 heteroatoms. The average molecular weight is 326 g/mol. The molecule has 21 heavy (non-hydrogen) atoms. The summed E-state index contributed by atoms with van der Waals surface area (Å²) in [6, 6.07) is 5.79. The summed E-state index contributed by atoms with van der Waals surface area (Å²) in [5.74, 6) is 0.839. The molecule has 114 valence electrons. The summed E-state index contributed by atoms with van der Waals surface area (Å²) >= 11 is 7.72. The quantitative estimate of drug-likeness (QED) is 0.878. The Balaban J connectivity index is 2.04. The van der Waals surface area contributed by atoms with Gasteiger partial charge in [0, 0.05) is 42.6 Å². The number of methoxy groups -OCH3 is 1. The summed E-state index contributed by atoms with van der Waals surface area (Å²) in [4.78, 5) is 6.57. The lowest BCUT2D eigenvalue weighted by Crippen LogP contribution is -2.19. The zero-order chi connectivity index (χ0) is 15.4. The molecule has 4 nitrogen and oxygen atoms in total. The summed E-state index contributed by atoms with van der Waals surface area (Å²) in [6.45, 7) is 2.80. The number of nitrogens with zero attached hydrogens (tertiary/aromatic N) is 2. The molecule has 0 amide bonds. The molecule has 0 saturated carbocycles. The summed E-state index contributed by atoms with van der Waals surface area (Å²) in [7, 11) is 5.66. The number of rotatable bonds is 6. The lowest BCUT2D eigenvalue weighted by molar-refractivity contribution is 0.401. The predicted molar refractivity (Wildman–Crippen MR) is 89.7 cm³/mol. The molecule has 1 aromatic heterocycles. The first-order chi connectivity index (χ1) is 10.0. The van der Waals surface area contributed by atoms with Gasteiger partial charge < -0.3 is 15.0 Å². The minimum Gasteiger partial charge on any atom is -0.496 e. The number of hydrogen-bond acceptors (Lipinski definition) is 5. The second kappa shape index (κ2) is 7.11. The fourth-order valence-electron chi connectivity index (χ4n) is 1.99. The van der Waals surface area contributed by atoms with Gasteiger partial charge in [0.2, 0.25) is 0 Å². The summed E-state index contributed by atoms with van der Waals surface area (Å²) in [6.07, 6.45) is 0. The van der Waals surface area contributed by atoms with Gasteiger partial charge in [-0.15, -0.1) is 11.3 Å². The number of ether oxygens (including phenoxy) is 1. The first kappa shape index (κ1) is 16.1. The monoisotopic (exact) mass is 325 g/mol. The van der Waals surface area contributed by atoms with Crippen LogP contribution in [0, 0.1) is 0 Å². The van der Waals surface area contributed by atoms with E-state index in [1.54, 1.807) is 18.4 Å². The van der Waals surface area contributed by atoms with Crippen molar-refractivity contribution < 1.29 is 4.74 Å². The van der Waals surface area contributed by atoms with Gasteiger partial charge in [0.25, 0.3) is 0 Å². The average Bonchev–Trinajstić information content (AvgIpc) is 2.94. The van der Waals surface area contributed by atoms with Gasteiger partial charge in [0.1, 0.15) is 5.75 Å². The number of thiazole rings is 1. The van der Waals surface area contributed by atoms with Gasteiger partial charge in [-0.05, 0) is 25.1 Å². The van der Waals surface area contributed by atoms with E-state index in [9.17, 15) is 0 Å². The number of nitrogens with one attached hydrogen (secondary N) is 1. The topological polar surface area (TPSA) is 37.4 Å². The van der Waals surface area contributed by atoms with Crippen molar-refractivity contribution in [2.24, 2.45) is 0 Å². The Morgan fingerprint density at radius 1 is 1.43 bits per heavy atom. The molecule has 2 rings (SSSR count). The lowest BCUT2D eigenvalue weighted by atomic mass is 10.1. The van der Waals surface area contributed by atoms with Crippen molar-refractivity contribution in [3.8, 4) is 5.75 Å². The Hall–Kier alpha value is -1.30. The maximum absolute atomic E-state index is 6.07. The number of aromatic nitrogens is 1. The normalized spacial score (nSPS) is 12.2. The zero-order valence-electron chi connectivity index (χ0n) is 12.7. The Kier molecular flexibility index (Phi) is 5.45. The standard InChI is InChI=1S/C15H20ClN3OS/c1-10(13-7-11(16)5-6-14(13)20-4)17-8-12-9-21-15(18-12)19(2)3/h5-7,9-10,17H,8H2,1-4H3. The molecule has 0 spiro atoms. The predicted octanol–water partition coefficient (Wildman–Crippen LogP) is 3.72. The van der Waals surface area contributed by atoms with Crippen molar-refractivity contribution in [3.63, 3.8) is 0 Å². The van der Waals surface area contributed by atoms with Crippen molar-refractivity contribution >= 4 is 28.1 Å². The largest absolute Gasteiger partial charge is 0.496 e. The Morgan fingerprint density at radius 2 is 2.19 bits per heavy atom. The van der Waals surface area contributed by atoms with Crippen LogP contribution in [0.25, 0.3) is 0 Å². The van der Waals surface area contributed by atoms with Crippen LogP contribution in [0.15, 0.2) is 23.6 Å². The van der Waals surface area contributed by atoms with Gasteiger partial charge in [-0.25, -0.2) is 4.98 Å². The first-order valence-corrected chi connectivity index (χ1v) is 7.95. The molecule has 0 aliphatic heterocycles. The maximum atomic E-state index is 6.07. The van der Waals surface area contributed by atoms with E-state index >= 15 is 0 Å². The molecular formula is C15H20ClN3OS. The molecule has 1 N–H and O–H groups in total. The molecule has 0 aliphatic rings. The van der Waals surface area contributed by atoms with Crippen LogP contribution in [-0.2, 0) is 6.54 Å². The van der Waals surface area contributed by atoms with Crippen LogP contribution in [0.5, 0.6) is 5.75 Å². The van der Waals surface area contributed by atoms with Crippen LogP contribution >= 0.6 is 22.9 Å². The smallest absolute Gasteiger partial charge is 0.185 e. The van der Waals surface area contributed by atoms with E-state index in [0.717, 1.165) is 22.1 Å². The van der Waals surface area contributed by atoms with E-state index in [1.807, 2.05) is 37.2 Å². The summed E-state index contributed by atoms with van der Waals surface area (Å²) in [5.41, 5.74) is 2.09. The van der Waals surface area contributed by atoms with E-state index in [-0.39, 0.29) is 6.04 Å². The molecular weight excluding hydrogens is 306 g/mol. The van der Waals surface area contributed by atoms with Crippen molar-refractivity contribution in [2.45, 2.75) is 19.5 Å². The second-order valence-electron chi connectivity index (χ2n) is 5.00. The van der Waals surface area contributed by atoms with Crippen LogP contribution < -0.4 is 15.0 Å². The number of anilines is 1. The highest BCUT2D eigenvalue weighted by molar-refractivity contribution is 7.13. The summed E-state index contributed by atoms with van der Waals surface area (Å²) < 4.78 is 5.39. The Bertz CT molecular complexity index is 600. The maximum Gasteiger partial charge on any atom is 0.185 e. The lowest BCUT2D eigenvalue weighted by Gasteiger charge is -2.17. The number of hydrogen-bond donors (Lipinski definition) is 1. The van der Waals surface area contributed by atoms with Crippen LogP contribution in [0.2, 0.25) is 5.02 Å². The van der Waals surface area contributed by atoms with Gasteiger partial charge in [-0.1, -0.05) is 11.6 Å². The van der Waals surface area contributed by atoms with E-state index in [4.69, 9.17) is 16.3 Å². The molecule has 2 aromatic rings. The van der Waals surface area contributed by atoms with Crippen LogP contribution in [0.3, 0.4) is 0 Å². The van der Waals surface area contributed by atoms with Crippen molar-refractivity contribution in [2.75, 3.05) is 26.1 Å². The molecule has 0 aliphatic carbocycles. The molecule has 1 aromatic carbocycles. The Labute approximate surface area is 134 Å². The van der Waals surface area contributed by atoms with Gasteiger partial charge in [0.05, 0.1) is 12.8 Å². The number of benzene rings is 1. The third-order valence-corrected chi connectivity index (χ3v) is 4.46. The second-order valence-corrected chi connectivity index (χ2v) is 6.28. The zero-order valence-corrected chi connectivity index (χ0v) is 14.3. The van der Waals surface area contributed by atoms with Crippen LogP contribution in [0.4, 0.5) is 5.13 Å². The van der Waals surface area contributed by atoms with Gasteiger partial charge in [-0.2, -0.15) is 0 Å². The fraction of sp³-hybridized carbons (Fsp3) is 0.400. The minimum atomic E-state index is 0.128. The molecule has 0 fully saturated rings. The van der Waals surface area contributed by atoms with Gasteiger partial charge in [0.15, 0.2) is 5.13 Å². The fourth-order valence-corrected chi connectivity index (χ4v) is 2.93. The van der Waals surface area contributed by atoms with Crippen LogP contribution in [-0.4, -0.2) is 26.2 Å².